The van der Waals surface area contributed by atoms with Gasteiger partial charge < -0.3 is 10.2 Å². The van der Waals surface area contributed by atoms with E-state index in [9.17, 15) is 9.18 Å². The highest BCUT2D eigenvalue weighted by Gasteiger charge is 2.27. The molecular weight excluding hydrogens is 355 g/mol. The number of halogens is 2. The van der Waals surface area contributed by atoms with Crippen molar-refractivity contribution in [1.29, 1.82) is 0 Å². The average molecular weight is 377 g/mol. The van der Waals surface area contributed by atoms with Gasteiger partial charge in [0.05, 0.1) is 5.02 Å². The number of piperidine rings is 1. The van der Waals surface area contributed by atoms with E-state index in [-0.39, 0.29) is 17.0 Å². The number of nitrogens with one attached hydrogen (secondary N) is 1. The zero-order chi connectivity index (χ0) is 18.7. The second-order valence-electron chi connectivity index (χ2n) is 6.50. The largest absolute Gasteiger partial charge is 0.340 e. The minimum absolute atomic E-state index is 0.0242. The highest BCUT2D eigenvalue weighted by molar-refractivity contribution is 6.31. The summed E-state index contributed by atoms with van der Waals surface area (Å²) in [7, 11) is 0. The third-order valence-electron chi connectivity index (χ3n) is 4.61. The normalized spacial score (nSPS) is 17.2. The van der Waals surface area contributed by atoms with Crippen LogP contribution in [0.4, 0.5) is 15.9 Å². The molecule has 5 nitrogen and oxygen atoms in total. The molecule has 3 rings (SSSR count). The van der Waals surface area contributed by atoms with E-state index in [1.165, 1.54) is 12.1 Å². The van der Waals surface area contributed by atoms with E-state index < -0.39 is 5.82 Å². The molecule has 1 aliphatic rings. The van der Waals surface area contributed by atoms with E-state index >= 15 is 0 Å². The number of carbonyl (C=O) groups excluding carboxylic acids is 1. The van der Waals surface area contributed by atoms with Crippen LogP contribution in [-0.2, 0) is 0 Å². The topological polar surface area (TPSA) is 58.1 Å². The molecule has 1 atom stereocenters. The molecule has 1 unspecified atom stereocenters. The summed E-state index contributed by atoms with van der Waals surface area (Å²) < 4.78 is 13.3. The Morgan fingerprint density at radius 1 is 1.35 bits per heavy atom. The number of anilines is 2. The molecule has 0 radical (unpaired) electrons. The number of nitrogens with zero attached hydrogens (tertiary/aromatic N) is 3. The van der Waals surface area contributed by atoms with Gasteiger partial charge in [0.2, 0.25) is 0 Å². The Bertz CT molecular complexity index is 814. The van der Waals surface area contributed by atoms with E-state index in [1.807, 2.05) is 4.90 Å². The first-order valence-corrected chi connectivity index (χ1v) is 9.24. The van der Waals surface area contributed by atoms with E-state index in [4.69, 9.17) is 11.6 Å². The number of likely N-dealkylation sites (tertiary alicyclic amines) is 1. The Labute approximate surface area is 157 Å². The highest BCUT2D eigenvalue weighted by atomic mass is 35.5. The molecule has 0 bridgehead atoms. The van der Waals surface area contributed by atoms with Gasteiger partial charge in [0, 0.05) is 24.3 Å². The van der Waals surface area contributed by atoms with Gasteiger partial charge in [0.15, 0.2) is 0 Å². The first-order valence-electron chi connectivity index (χ1n) is 8.86. The van der Waals surface area contributed by atoms with E-state index in [1.54, 1.807) is 19.1 Å². The van der Waals surface area contributed by atoms with E-state index in [0.29, 0.717) is 23.0 Å². The molecule has 0 spiro atoms. The molecule has 1 N–H and O–H groups in total. The van der Waals surface area contributed by atoms with Crippen molar-refractivity contribution in [3.05, 3.63) is 46.6 Å². The lowest BCUT2D eigenvalue weighted by Gasteiger charge is -2.35. The van der Waals surface area contributed by atoms with Crippen molar-refractivity contribution in [3.63, 3.8) is 0 Å². The van der Waals surface area contributed by atoms with Gasteiger partial charge in [-0.1, -0.05) is 18.5 Å². The molecule has 0 saturated carbocycles. The van der Waals surface area contributed by atoms with Gasteiger partial charge in [-0.25, -0.2) is 14.4 Å². The number of aryl methyl sites for hydroxylation is 1. The van der Waals surface area contributed by atoms with Crippen LogP contribution in [0.25, 0.3) is 0 Å². The molecule has 1 amide bonds. The zero-order valence-corrected chi connectivity index (χ0v) is 15.7. The number of hydrogen-bond acceptors (Lipinski definition) is 4. The summed E-state index contributed by atoms with van der Waals surface area (Å²) in [4.78, 5) is 23.5. The minimum atomic E-state index is -0.484. The number of benzene rings is 1. The Kier molecular flexibility index (Phi) is 5.71. The standard InChI is InChI=1S/C19H22ClFN4O/c1-3-14-6-4-5-9-25(14)19(26)17-11-18(23-12(2)22-17)24-13-7-8-16(21)15(20)10-13/h7-8,10-11,14H,3-6,9H2,1-2H3,(H,22,23,24). The van der Waals surface area contributed by atoms with Crippen LogP contribution >= 0.6 is 11.6 Å². The number of amides is 1. The van der Waals surface area contributed by atoms with Crippen LogP contribution in [0.2, 0.25) is 5.02 Å². The van der Waals surface area contributed by atoms with Gasteiger partial charge in [-0.3, -0.25) is 4.79 Å². The van der Waals surface area contributed by atoms with Gasteiger partial charge in [0.1, 0.15) is 23.2 Å². The Morgan fingerprint density at radius 2 is 2.15 bits per heavy atom. The molecule has 1 saturated heterocycles. The molecule has 7 heteroatoms. The van der Waals surface area contributed by atoms with Crippen LogP contribution in [0, 0.1) is 12.7 Å². The first kappa shape index (κ1) is 18.6. The van der Waals surface area contributed by atoms with Crippen LogP contribution in [0.1, 0.15) is 48.9 Å². The minimum Gasteiger partial charge on any atom is -0.340 e. The van der Waals surface area contributed by atoms with Gasteiger partial charge >= 0.3 is 0 Å². The molecular formula is C19H22ClFN4O. The summed E-state index contributed by atoms with van der Waals surface area (Å²) in [6, 6.07) is 6.22. The van der Waals surface area contributed by atoms with Gasteiger partial charge in [-0.05, 0) is 50.8 Å². The molecule has 26 heavy (non-hydrogen) atoms. The zero-order valence-electron chi connectivity index (χ0n) is 14.9. The second-order valence-corrected chi connectivity index (χ2v) is 6.90. The van der Waals surface area contributed by atoms with Crippen molar-refractivity contribution in [1.82, 2.24) is 14.9 Å². The Balaban J connectivity index is 1.84. The van der Waals surface area contributed by atoms with Gasteiger partial charge in [0.25, 0.3) is 5.91 Å². The van der Waals surface area contributed by atoms with Crippen LogP contribution in [0.15, 0.2) is 24.3 Å². The maximum Gasteiger partial charge on any atom is 0.272 e. The van der Waals surface area contributed by atoms with Crippen LogP contribution in [-0.4, -0.2) is 33.4 Å². The molecule has 0 aliphatic carbocycles. The Morgan fingerprint density at radius 3 is 2.88 bits per heavy atom. The fourth-order valence-electron chi connectivity index (χ4n) is 3.30. The molecule has 1 aromatic carbocycles. The predicted molar refractivity (Wildman–Crippen MR) is 100 cm³/mol. The number of rotatable bonds is 4. The quantitative estimate of drug-likeness (QED) is 0.838. The van der Waals surface area contributed by atoms with Crippen LogP contribution < -0.4 is 5.32 Å². The third-order valence-corrected chi connectivity index (χ3v) is 4.90. The highest BCUT2D eigenvalue weighted by Crippen LogP contribution is 2.24. The van der Waals surface area contributed by atoms with Crippen molar-refractivity contribution in [2.24, 2.45) is 0 Å². The van der Waals surface area contributed by atoms with E-state index in [2.05, 4.69) is 22.2 Å². The summed E-state index contributed by atoms with van der Waals surface area (Å²) in [5.41, 5.74) is 0.964. The average Bonchev–Trinajstić information content (AvgIpc) is 2.63. The summed E-state index contributed by atoms with van der Waals surface area (Å²) in [5.74, 6) is 0.426. The number of aromatic nitrogens is 2. The number of carbonyl (C=O) groups is 1. The van der Waals surface area contributed by atoms with Crippen molar-refractivity contribution in [2.45, 2.75) is 45.6 Å². The lowest BCUT2D eigenvalue weighted by molar-refractivity contribution is 0.0601. The summed E-state index contributed by atoms with van der Waals surface area (Å²) in [5, 5.41) is 3.09. The molecule has 1 aromatic heterocycles. The smallest absolute Gasteiger partial charge is 0.272 e. The second kappa shape index (κ2) is 7.99. The SMILES string of the molecule is CCC1CCCCN1C(=O)c1cc(Nc2ccc(F)c(Cl)c2)nc(C)n1. The monoisotopic (exact) mass is 376 g/mol. The molecule has 2 aromatic rings. The predicted octanol–water partition coefficient (Wildman–Crippen LogP) is 4.73. The van der Waals surface area contributed by atoms with Crippen molar-refractivity contribution in [3.8, 4) is 0 Å². The maximum atomic E-state index is 13.3. The lowest BCUT2D eigenvalue weighted by Crippen LogP contribution is -2.43. The van der Waals surface area contributed by atoms with Crippen molar-refractivity contribution in [2.75, 3.05) is 11.9 Å². The summed E-state index contributed by atoms with van der Waals surface area (Å²) >= 11 is 5.82. The molecule has 138 valence electrons. The molecule has 1 aliphatic heterocycles. The van der Waals surface area contributed by atoms with Crippen LogP contribution in [0.5, 0.6) is 0 Å². The summed E-state index contributed by atoms with van der Waals surface area (Å²) in [6.07, 6.45) is 4.15. The van der Waals surface area contributed by atoms with E-state index in [0.717, 1.165) is 32.2 Å². The first-order chi connectivity index (χ1) is 12.5. The third kappa shape index (κ3) is 4.12. The molecule has 2 heterocycles. The molecule has 1 fully saturated rings. The fourth-order valence-corrected chi connectivity index (χ4v) is 3.48. The van der Waals surface area contributed by atoms with Gasteiger partial charge in [-0.15, -0.1) is 0 Å². The van der Waals surface area contributed by atoms with Crippen LogP contribution in [0.3, 0.4) is 0 Å². The van der Waals surface area contributed by atoms with Crippen molar-refractivity contribution >= 4 is 29.0 Å². The summed E-state index contributed by atoms with van der Waals surface area (Å²) in [6.45, 7) is 4.61. The Hall–Kier alpha value is -2.21. The fraction of sp³-hybridized carbons (Fsp3) is 0.421. The van der Waals surface area contributed by atoms with Gasteiger partial charge in [-0.2, -0.15) is 0 Å². The number of hydrogen-bond donors (Lipinski definition) is 1. The van der Waals surface area contributed by atoms with Crippen molar-refractivity contribution < 1.29 is 9.18 Å². The lowest BCUT2D eigenvalue weighted by atomic mass is 9.99. The maximum absolute atomic E-state index is 13.3.